The quantitative estimate of drug-likeness (QED) is 0.300. The monoisotopic (exact) mass is 566 g/mol. The van der Waals surface area contributed by atoms with E-state index in [1.807, 2.05) is 30.7 Å². The first-order chi connectivity index (χ1) is 20.6. The average Bonchev–Trinajstić information content (AvgIpc) is 3.41. The Balaban J connectivity index is 1.01. The number of fused-ring (bicyclic) bond motifs is 1. The Labute approximate surface area is 244 Å². The lowest BCUT2D eigenvalue weighted by Gasteiger charge is -2.55. The SMILES string of the molecule is COc1ccc(CN2CCN(c3ccc(-c4cc(OCCN5CC6(COC6)C5)cn5ncc(C#N)c45)cn3)CC2)cn1. The second kappa shape index (κ2) is 11.2. The zero-order valence-corrected chi connectivity index (χ0v) is 23.8. The van der Waals surface area contributed by atoms with Gasteiger partial charge in [0.25, 0.3) is 0 Å². The van der Waals surface area contributed by atoms with Crippen LogP contribution in [0.25, 0.3) is 16.6 Å². The molecule has 3 aliphatic heterocycles. The minimum Gasteiger partial charge on any atom is -0.491 e. The molecule has 0 N–H and O–H groups in total. The van der Waals surface area contributed by atoms with Crippen LogP contribution < -0.4 is 14.4 Å². The zero-order valence-electron chi connectivity index (χ0n) is 23.8. The van der Waals surface area contributed by atoms with Crippen LogP contribution >= 0.6 is 0 Å². The fourth-order valence-corrected chi connectivity index (χ4v) is 6.16. The largest absolute Gasteiger partial charge is 0.491 e. The van der Waals surface area contributed by atoms with Crippen LogP contribution in [0.15, 0.2) is 55.1 Å². The summed E-state index contributed by atoms with van der Waals surface area (Å²) in [6.45, 7) is 9.96. The third-order valence-electron chi connectivity index (χ3n) is 8.49. The summed E-state index contributed by atoms with van der Waals surface area (Å²) in [5.74, 6) is 2.31. The number of piperazine rings is 1. The smallest absolute Gasteiger partial charge is 0.212 e. The molecule has 11 heteroatoms. The highest BCUT2D eigenvalue weighted by molar-refractivity contribution is 5.85. The number of methoxy groups -OCH3 is 1. The average molecular weight is 567 g/mol. The van der Waals surface area contributed by atoms with E-state index in [2.05, 4.69) is 49.1 Å². The van der Waals surface area contributed by atoms with Gasteiger partial charge in [-0.25, -0.2) is 14.5 Å². The van der Waals surface area contributed by atoms with Crippen molar-refractivity contribution in [3.8, 4) is 28.8 Å². The van der Waals surface area contributed by atoms with Gasteiger partial charge in [0.2, 0.25) is 5.88 Å². The Morgan fingerprint density at radius 2 is 1.86 bits per heavy atom. The van der Waals surface area contributed by atoms with E-state index in [-0.39, 0.29) is 0 Å². The lowest BCUT2D eigenvalue weighted by Crippen LogP contribution is -2.66. The summed E-state index contributed by atoms with van der Waals surface area (Å²) in [5.41, 5.74) is 4.67. The maximum absolute atomic E-state index is 9.74. The van der Waals surface area contributed by atoms with Crippen molar-refractivity contribution in [3.05, 3.63) is 66.2 Å². The number of rotatable bonds is 9. The van der Waals surface area contributed by atoms with E-state index in [0.29, 0.717) is 23.5 Å². The van der Waals surface area contributed by atoms with Crippen LogP contribution in [0.5, 0.6) is 11.6 Å². The van der Waals surface area contributed by atoms with Gasteiger partial charge in [-0.2, -0.15) is 10.4 Å². The van der Waals surface area contributed by atoms with Gasteiger partial charge < -0.3 is 19.1 Å². The molecule has 7 heterocycles. The van der Waals surface area contributed by atoms with E-state index in [1.54, 1.807) is 17.8 Å². The standard InChI is InChI=1S/C31H34N8O3/c1-40-29-5-2-23(14-34-29)17-36-6-8-38(9-7-36)28-4-3-24(15-33-28)27-12-26(18-39-30(27)25(13-32)16-35-39)42-11-10-37-19-31(20-37)21-41-22-31/h2-5,12,14-16,18H,6-11,17,19-22H2,1H3. The molecule has 42 heavy (non-hydrogen) atoms. The lowest BCUT2D eigenvalue weighted by molar-refractivity contribution is -0.189. The van der Waals surface area contributed by atoms with Crippen LogP contribution in [0, 0.1) is 16.7 Å². The van der Waals surface area contributed by atoms with Gasteiger partial charge in [-0.1, -0.05) is 6.07 Å². The van der Waals surface area contributed by atoms with Crippen molar-refractivity contribution in [2.24, 2.45) is 5.41 Å². The first kappa shape index (κ1) is 26.6. The van der Waals surface area contributed by atoms with Gasteiger partial charge in [-0.3, -0.25) is 9.80 Å². The summed E-state index contributed by atoms with van der Waals surface area (Å²) in [6, 6.07) is 12.4. The van der Waals surface area contributed by atoms with Crippen LogP contribution in [0.1, 0.15) is 11.1 Å². The van der Waals surface area contributed by atoms with Crippen molar-refractivity contribution in [3.63, 3.8) is 0 Å². The fourth-order valence-electron chi connectivity index (χ4n) is 6.16. The predicted octanol–water partition coefficient (Wildman–Crippen LogP) is 2.70. The fraction of sp³-hybridized carbons (Fsp3) is 0.419. The number of ether oxygens (including phenoxy) is 3. The van der Waals surface area contributed by atoms with Gasteiger partial charge in [0.05, 0.1) is 43.8 Å². The summed E-state index contributed by atoms with van der Waals surface area (Å²) in [4.78, 5) is 16.3. The number of anilines is 1. The Morgan fingerprint density at radius 3 is 2.52 bits per heavy atom. The molecule has 0 radical (unpaired) electrons. The molecule has 216 valence electrons. The summed E-state index contributed by atoms with van der Waals surface area (Å²) >= 11 is 0. The minimum absolute atomic E-state index is 0.399. The van der Waals surface area contributed by atoms with Gasteiger partial charge in [0, 0.05) is 87.4 Å². The zero-order chi connectivity index (χ0) is 28.5. The maximum Gasteiger partial charge on any atom is 0.212 e. The molecule has 0 bridgehead atoms. The number of aromatic nitrogens is 4. The number of nitriles is 1. The van der Waals surface area contributed by atoms with Gasteiger partial charge in [-0.05, 0) is 23.8 Å². The van der Waals surface area contributed by atoms with Crippen molar-refractivity contribution in [1.82, 2.24) is 29.4 Å². The Morgan fingerprint density at radius 1 is 1.00 bits per heavy atom. The third-order valence-corrected chi connectivity index (χ3v) is 8.49. The molecule has 3 fully saturated rings. The Bertz CT molecular complexity index is 1580. The molecular weight excluding hydrogens is 532 g/mol. The Hall–Kier alpha value is -4.24. The van der Waals surface area contributed by atoms with Gasteiger partial charge in [0.1, 0.15) is 24.2 Å². The van der Waals surface area contributed by atoms with E-state index in [9.17, 15) is 5.26 Å². The molecule has 4 aromatic heterocycles. The molecule has 3 aliphatic rings. The first-order valence-corrected chi connectivity index (χ1v) is 14.4. The third kappa shape index (κ3) is 5.25. The van der Waals surface area contributed by atoms with E-state index in [4.69, 9.17) is 19.2 Å². The molecule has 1 spiro atoms. The normalized spacial score (nSPS) is 18.4. The molecule has 0 aliphatic carbocycles. The van der Waals surface area contributed by atoms with Crippen LogP contribution in [-0.4, -0.2) is 102 Å². The molecule has 0 saturated carbocycles. The van der Waals surface area contributed by atoms with E-state index >= 15 is 0 Å². The molecule has 11 nitrogen and oxygen atoms in total. The lowest BCUT2D eigenvalue weighted by atomic mass is 9.78. The van der Waals surface area contributed by atoms with Crippen molar-refractivity contribution in [1.29, 1.82) is 5.26 Å². The van der Waals surface area contributed by atoms with Crippen molar-refractivity contribution < 1.29 is 14.2 Å². The highest BCUT2D eigenvalue weighted by Gasteiger charge is 2.48. The molecular formula is C31H34N8O3. The van der Waals surface area contributed by atoms with Gasteiger partial charge in [-0.15, -0.1) is 0 Å². The molecule has 0 aromatic carbocycles. The molecule has 3 saturated heterocycles. The molecule has 4 aromatic rings. The van der Waals surface area contributed by atoms with Crippen LogP contribution in [0.3, 0.4) is 0 Å². The Kier molecular flexibility index (Phi) is 7.11. The van der Waals surface area contributed by atoms with E-state index < -0.39 is 0 Å². The first-order valence-electron chi connectivity index (χ1n) is 14.4. The molecule has 0 unspecified atom stereocenters. The molecule has 0 atom stereocenters. The summed E-state index contributed by atoms with van der Waals surface area (Å²) in [6.07, 6.45) is 7.22. The van der Waals surface area contributed by atoms with E-state index in [1.165, 1.54) is 5.56 Å². The van der Waals surface area contributed by atoms with Crippen LogP contribution in [0.4, 0.5) is 5.82 Å². The molecule has 7 rings (SSSR count). The topological polar surface area (TPSA) is 104 Å². The maximum atomic E-state index is 9.74. The summed E-state index contributed by atoms with van der Waals surface area (Å²) < 4.78 is 18.4. The van der Waals surface area contributed by atoms with Crippen LogP contribution in [0.2, 0.25) is 0 Å². The van der Waals surface area contributed by atoms with E-state index in [0.717, 1.165) is 93.8 Å². The van der Waals surface area contributed by atoms with Gasteiger partial charge >= 0.3 is 0 Å². The summed E-state index contributed by atoms with van der Waals surface area (Å²) in [7, 11) is 1.63. The highest BCUT2D eigenvalue weighted by atomic mass is 16.5. The number of nitrogens with zero attached hydrogens (tertiary/aromatic N) is 8. The minimum atomic E-state index is 0.399. The van der Waals surface area contributed by atoms with Crippen LogP contribution in [-0.2, 0) is 11.3 Å². The summed E-state index contributed by atoms with van der Waals surface area (Å²) in [5, 5.41) is 14.2. The van der Waals surface area contributed by atoms with Crippen molar-refractivity contribution >= 4 is 11.3 Å². The second-order valence-corrected chi connectivity index (χ2v) is 11.5. The number of pyridine rings is 3. The second-order valence-electron chi connectivity index (χ2n) is 11.5. The predicted molar refractivity (Wildman–Crippen MR) is 157 cm³/mol. The highest BCUT2D eigenvalue weighted by Crippen LogP contribution is 2.37. The molecule has 0 amide bonds. The van der Waals surface area contributed by atoms with Crippen molar-refractivity contribution in [2.75, 3.05) is 77.6 Å². The van der Waals surface area contributed by atoms with Crippen molar-refractivity contribution in [2.45, 2.75) is 6.54 Å². The van der Waals surface area contributed by atoms with Gasteiger partial charge in [0.15, 0.2) is 0 Å². The number of hydrogen-bond acceptors (Lipinski definition) is 10. The number of hydrogen-bond donors (Lipinski definition) is 0. The number of likely N-dealkylation sites (tertiary alicyclic amines) is 1.